The first kappa shape index (κ1) is 18.4. The van der Waals surface area contributed by atoms with Gasteiger partial charge in [-0.1, -0.05) is 51.8 Å². The zero-order valence-corrected chi connectivity index (χ0v) is 15.9. The van der Waals surface area contributed by atoms with Crippen molar-refractivity contribution < 1.29 is 9.18 Å². The topological polar surface area (TPSA) is 29.1 Å². The second kappa shape index (κ2) is 8.30. The summed E-state index contributed by atoms with van der Waals surface area (Å²) in [7, 11) is 0. The number of carbonyl (C=O) groups excluding carboxylic acids is 1. The predicted molar refractivity (Wildman–Crippen MR) is 108 cm³/mol. The molecule has 0 fully saturated rings. The van der Waals surface area contributed by atoms with Gasteiger partial charge in [0.2, 0.25) is 0 Å². The largest absolute Gasteiger partial charge is 0.355 e. The third-order valence-electron chi connectivity index (χ3n) is 3.69. The summed E-state index contributed by atoms with van der Waals surface area (Å²) in [6.45, 7) is 0. The van der Waals surface area contributed by atoms with E-state index in [1.54, 1.807) is 36.4 Å². The summed E-state index contributed by atoms with van der Waals surface area (Å²) in [4.78, 5) is 12.7. The van der Waals surface area contributed by atoms with Crippen LogP contribution in [-0.4, -0.2) is 5.78 Å². The van der Waals surface area contributed by atoms with E-state index in [9.17, 15) is 9.18 Å². The summed E-state index contributed by atoms with van der Waals surface area (Å²) in [6, 6.07) is 20.3. The quantitative estimate of drug-likeness (QED) is 0.366. The lowest BCUT2D eigenvalue weighted by Crippen LogP contribution is -2.04. The Balaban J connectivity index is 1.99. The van der Waals surface area contributed by atoms with Crippen molar-refractivity contribution in [2.24, 2.45) is 0 Å². The maximum Gasteiger partial charge on any atom is 0.189 e. The maximum atomic E-state index is 13.2. The third-order valence-corrected chi connectivity index (χ3v) is 4.64. The van der Waals surface area contributed by atoms with E-state index in [-0.39, 0.29) is 11.6 Å². The average molecular weight is 431 g/mol. The molecule has 0 bridgehead atoms. The Bertz CT molecular complexity index is 953. The molecule has 130 valence electrons. The highest BCUT2D eigenvalue weighted by atomic mass is 79.9. The van der Waals surface area contributed by atoms with Gasteiger partial charge in [0.1, 0.15) is 5.82 Å². The Kier molecular flexibility index (Phi) is 5.86. The summed E-state index contributed by atoms with van der Waals surface area (Å²) in [5, 5.41) is 3.78. The standard InChI is InChI=1S/C21H14BrClFNO/c22-19-4-2-1-3-18(19)21(26)13-20(14-5-7-15(23)8-6-14)25-17-11-9-16(24)10-12-17/h1-13,25H/b20-13+. The first-order chi connectivity index (χ1) is 12.5. The van der Waals surface area contributed by atoms with Crippen molar-refractivity contribution in [3.05, 3.63) is 105 Å². The molecule has 0 aliphatic carbocycles. The van der Waals surface area contributed by atoms with E-state index in [1.165, 1.54) is 18.2 Å². The monoisotopic (exact) mass is 429 g/mol. The number of nitrogens with one attached hydrogen (secondary N) is 1. The SMILES string of the molecule is O=C(/C=C(/Nc1ccc(F)cc1)c1ccc(Cl)cc1)c1ccccc1Br. The number of hydrogen-bond donors (Lipinski definition) is 1. The Hall–Kier alpha value is -2.43. The predicted octanol–water partition coefficient (Wildman–Crippen LogP) is 6.58. The molecule has 0 atom stereocenters. The normalized spacial score (nSPS) is 11.3. The highest BCUT2D eigenvalue weighted by molar-refractivity contribution is 9.10. The molecule has 2 nitrogen and oxygen atoms in total. The lowest BCUT2D eigenvalue weighted by molar-refractivity contribution is 0.104. The zero-order chi connectivity index (χ0) is 18.5. The van der Waals surface area contributed by atoms with Crippen molar-refractivity contribution in [2.45, 2.75) is 0 Å². The molecule has 0 radical (unpaired) electrons. The Morgan fingerprint density at radius 1 is 0.962 bits per heavy atom. The van der Waals surface area contributed by atoms with E-state index < -0.39 is 0 Å². The van der Waals surface area contributed by atoms with E-state index in [0.717, 1.165) is 10.0 Å². The van der Waals surface area contributed by atoms with Crippen LogP contribution in [0.25, 0.3) is 5.70 Å². The number of halogens is 3. The number of hydrogen-bond acceptors (Lipinski definition) is 2. The Morgan fingerprint density at radius 3 is 2.27 bits per heavy atom. The van der Waals surface area contributed by atoms with Gasteiger partial charge in [0.25, 0.3) is 0 Å². The molecule has 3 aromatic rings. The molecule has 0 unspecified atom stereocenters. The molecule has 0 saturated carbocycles. The fourth-order valence-corrected chi connectivity index (χ4v) is 2.99. The minimum Gasteiger partial charge on any atom is -0.355 e. The first-order valence-corrected chi connectivity index (χ1v) is 8.99. The van der Waals surface area contributed by atoms with Crippen LogP contribution in [0.5, 0.6) is 0 Å². The van der Waals surface area contributed by atoms with Crippen molar-refractivity contribution in [1.29, 1.82) is 0 Å². The molecule has 3 rings (SSSR count). The Morgan fingerprint density at radius 2 is 1.62 bits per heavy atom. The van der Waals surface area contributed by atoms with Crippen LogP contribution in [0.3, 0.4) is 0 Å². The van der Waals surface area contributed by atoms with Gasteiger partial charge in [0, 0.05) is 32.5 Å². The smallest absolute Gasteiger partial charge is 0.189 e. The van der Waals surface area contributed by atoms with Crippen molar-refractivity contribution in [1.82, 2.24) is 0 Å². The van der Waals surface area contributed by atoms with E-state index in [2.05, 4.69) is 21.2 Å². The van der Waals surface area contributed by atoms with Gasteiger partial charge in [0.15, 0.2) is 5.78 Å². The van der Waals surface area contributed by atoms with Crippen LogP contribution < -0.4 is 5.32 Å². The molecule has 0 aromatic heterocycles. The number of rotatable bonds is 5. The van der Waals surface area contributed by atoms with Gasteiger partial charge in [0.05, 0.1) is 0 Å². The number of ketones is 1. The zero-order valence-electron chi connectivity index (χ0n) is 13.5. The minimum absolute atomic E-state index is 0.156. The molecule has 0 aliphatic rings. The van der Waals surface area contributed by atoms with E-state index in [1.807, 2.05) is 24.3 Å². The van der Waals surface area contributed by atoms with E-state index >= 15 is 0 Å². The van der Waals surface area contributed by atoms with Gasteiger partial charge in [-0.25, -0.2) is 4.39 Å². The molecule has 26 heavy (non-hydrogen) atoms. The van der Waals surface area contributed by atoms with Crippen LogP contribution in [0.4, 0.5) is 10.1 Å². The summed E-state index contributed by atoms with van der Waals surface area (Å²) < 4.78 is 13.9. The fourth-order valence-electron chi connectivity index (χ4n) is 2.38. The van der Waals surface area contributed by atoms with Crippen LogP contribution >= 0.6 is 27.5 Å². The van der Waals surface area contributed by atoms with Gasteiger partial charge in [-0.3, -0.25) is 4.79 Å². The van der Waals surface area contributed by atoms with Crippen LogP contribution in [0.2, 0.25) is 5.02 Å². The van der Waals surface area contributed by atoms with Crippen LogP contribution in [0.1, 0.15) is 15.9 Å². The number of benzene rings is 3. The van der Waals surface area contributed by atoms with Crippen molar-refractivity contribution >= 4 is 44.7 Å². The molecule has 0 aliphatic heterocycles. The highest BCUT2D eigenvalue weighted by Crippen LogP contribution is 2.23. The average Bonchev–Trinajstić information content (AvgIpc) is 2.64. The van der Waals surface area contributed by atoms with E-state index in [4.69, 9.17) is 11.6 Å². The number of allylic oxidation sites excluding steroid dienone is 1. The molecule has 5 heteroatoms. The van der Waals surface area contributed by atoms with Crippen molar-refractivity contribution in [3.8, 4) is 0 Å². The second-order valence-corrected chi connectivity index (χ2v) is 6.83. The fraction of sp³-hybridized carbons (Fsp3) is 0. The van der Waals surface area contributed by atoms with Gasteiger partial charge in [-0.15, -0.1) is 0 Å². The van der Waals surface area contributed by atoms with Crippen molar-refractivity contribution in [2.75, 3.05) is 5.32 Å². The van der Waals surface area contributed by atoms with E-state index in [0.29, 0.717) is 22.0 Å². The van der Waals surface area contributed by atoms with Gasteiger partial charge in [-0.2, -0.15) is 0 Å². The van der Waals surface area contributed by atoms with Gasteiger partial charge < -0.3 is 5.32 Å². The first-order valence-electron chi connectivity index (χ1n) is 7.82. The van der Waals surface area contributed by atoms with Crippen molar-refractivity contribution in [3.63, 3.8) is 0 Å². The molecular weight excluding hydrogens is 417 g/mol. The lowest BCUT2D eigenvalue weighted by Gasteiger charge is -2.12. The van der Waals surface area contributed by atoms with Crippen LogP contribution in [0, 0.1) is 5.82 Å². The second-order valence-electron chi connectivity index (χ2n) is 5.54. The maximum absolute atomic E-state index is 13.2. The molecule has 0 heterocycles. The molecule has 0 amide bonds. The molecule has 3 aromatic carbocycles. The third kappa shape index (κ3) is 4.59. The van der Waals surface area contributed by atoms with Crippen LogP contribution in [0.15, 0.2) is 83.3 Å². The summed E-state index contributed by atoms with van der Waals surface area (Å²) in [5.41, 5.74) is 2.61. The molecule has 1 N–H and O–H groups in total. The summed E-state index contributed by atoms with van der Waals surface area (Å²) >= 11 is 9.36. The molecule has 0 spiro atoms. The number of anilines is 1. The Labute approximate surface area is 164 Å². The summed E-state index contributed by atoms with van der Waals surface area (Å²) in [5.74, 6) is -0.478. The lowest BCUT2D eigenvalue weighted by atomic mass is 10.1. The summed E-state index contributed by atoms with van der Waals surface area (Å²) in [6.07, 6.45) is 1.52. The highest BCUT2D eigenvalue weighted by Gasteiger charge is 2.10. The van der Waals surface area contributed by atoms with Gasteiger partial charge in [-0.05, 0) is 54.1 Å². The van der Waals surface area contributed by atoms with Gasteiger partial charge >= 0.3 is 0 Å². The molecular formula is C21H14BrClFNO. The molecule has 0 saturated heterocycles. The number of carbonyl (C=O) groups is 1. The van der Waals surface area contributed by atoms with Crippen LogP contribution in [-0.2, 0) is 0 Å². The minimum atomic E-state index is -0.322.